The van der Waals surface area contributed by atoms with Gasteiger partial charge in [-0.15, -0.1) is 0 Å². The minimum atomic E-state index is -0.342. The molecule has 7 nitrogen and oxygen atoms in total. The van der Waals surface area contributed by atoms with Crippen LogP contribution in [0.15, 0.2) is 0 Å². The van der Waals surface area contributed by atoms with E-state index in [0.29, 0.717) is 39.2 Å². The molecule has 0 spiro atoms. The van der Waals surface area contributed by atoms with E-state index < -0.39 is 0 Å². The summed E-state index contributed by atoms with van der Waals surface area (Å²) in [7, 11) is 0. The van der Waals surface area contributed by atoms with Crippen molar-refractivity contribution in [1.82, 2.24) is 9.80 Å². The molecule has 0 radical (unpaired) electrons. The fourth-order valence-corrected chi connectivity index (χ4v) is 2.98. The molecule has 0 saturated carbocycles. The summed E-state index contributed by atoms with van der Waals surface area (Å²) in [6, 6.07) is 0. The number of rotatable bonds is 4. The van der Waals surface area contributed by atoms with Gasteiger partial charge >= 0.3 is 6.09 Å². The predicted molar refractivity (Wildman–Crippen MR) is 75.2 cm³/mol. The third kappa shape index (κ3) is 3.86. The Morgan fingerprint density at radius 2 is 1.90 bits per heavy atom. The van der Waals surface area contributed by atoms with Gasteiger partial charge < -0.3 is 20.3 Å². The number of carbonyl (C=O) groups is 3. The minimum absolute atomic E-state index is 0.0738. The van der Waals surface area contributed by atoms with Crippen LogP contribution in [0, 0.1) is 11.8 Å². The Morgan fingerprint density at radius 1 is 1.19 bits per heavy atom. The van der Waals surface area contributed by atoms with Gasteiger partial charge in [-0.05, 0) is 19.8 Å². The number of likely N-dealkylation sites (tertiary alicyclic amines) is 2. The van der Waals surface area contributed by atoms with Gasteiger partial charge in [-0.3, -0.25) is 9.59 Å². The Labute approximate surface area is 124 Å². The normalized spacial score (nSPS) is 22.6. The number of hydrogen-bond acceptors (Lipinski definition) is 4. The standard InChI is InChI=1S/C14H23N3O4/c1-2-21-14(20)16-5-3-4-11(9-16)13(19)17-7-10(8-17)6-12(15)18/h10-11H,2-9H2,1H3,(H2,15,18). The van der Waals surface area contributed by atoms with Gasteiger partial charge in [0.15, 0.2) is 0 Å². The third-order valence-electron chi connectivity index (χ3n) is 4.06. The first kappa shape index (κ1) is 15.6. The first-order valence-electron chi connectivity index (χ1n) is 7.50. The zero-order valence-electron chi connectivity index (χ0n) is 12.4. The summed E-state index contributed by atoms with van der Waals surface area (Å²) in [6.45, 7) is 4.37. The number of primary amides is 1. The summed E-state index contributed by atoms with van der Waals surface area (Å²) in [5.74, 6) is -0.211. The first-order chi connectivity index (χ1) is 10.0. The second-order valence-corrected chi connectivity index (χ2v) is 5.76. The average molecular weight is 297 g/mol. The maximum absolute atomic E-state index is 12.4. The molecule has 7 heteroatoms. The Kier molecular flexibility index (Phi) is 5.03. The number of nitrogens with two attached hydrogens (primary N) is 1. The highest BCUT2D eigenvalue weighted by Crippen LogP contribution is 2.25. The topological polar surface area (TPSA) is 92.9 Å². The van der Waals surface area contributed by atoms with E-state index in [2.05, 4.69) is 0 Å². The van der Waals surface area contributed by atoms with Crippen LogP contribution in [0.3, 0.4) is 0 Å². The van der Waals surface area contributed by atoms with Crippen molar-refractivity contribution in [1.29, 1.82) is 0 Å². The molecular formula is C14H23N3O4. The molecule has 118 valence electrons. The van der Waals surface area contributed by atoms with E-state index in [4.69, 9.17) is 10.5 Å². The molecule has 1 atom stereocenters. The van der Waals surface area contributed by atoms with Gasteiger partial charge in [-0.25, -0.2) is 4.79 Å². The molecule has 0 bridgehead atoms. The Morgan fingerprint density at radius 3 is 2.52 bits per heavy atom. The summed E-state index contributed by atoms with van der Waals surface area (Å²) < 4.78 is 4.98. The number of ether oxygens (including phenoxy) is 1. The molecule has 2 aliphatic heterocycles. The molecule has 2 heterocycles. The fourth-order valence-electron chi connectivity index (χ4n) is 2.98. The van der Waals surface area contributed by atoms with Gasteiger partial charge in [-0.1, -0.05) is 0 Å². The second kappa shape index (κ2) is 6.78. The first-order valence-corrected chi connectivity index (χ1v) is 7.50. The number of nitrogens with zero attached hydrogens (tertiary/aromatic N) is 2. The molecule has 3 amide bonds. The van der Waals surface area contributed by atoms with Crippen molar-refractivity contribution in [2.45, 2.75) is 26.2 Å². The fraction of sp³-hybridized carbons (Fsp3) is 0.786. The third-order valence-corrected chi connectivity index (χ3v) is 4.06. The second-order valence-electron chi connectivity index (χ2n) is 5.76. The van der Waals surface area contributed by atoms with Crippen molar-refractivity contribution in [3.63, 3.8) is 0 Å². The summed E-state index contributed by atoms with van der Waals surface area (Å²) in [5.41, 5.74) is 5.15. The lowest BCUT2D eigenvalue weighted by atomic mass is 9.91. The lowest BCUT2D eigenvalue weighted by molar-refractivity contribution is -0.144. The summed E-state index contributed by atoms with van der Waals surface area (Å²) >= 11 is 0. The molecule has 2 rings (SSSR count). The summed E-state index contributed by atoms with van der Waals surface area (Å²) in [5, 5.41) is 0. The molecule has 0 aromatic heterocycles. The van der Waals surface area contributed by atoms with E-state index in [1.165, 1.54) is 0 Å². The van der Waals surface area contributed by atoms with Crippen molar-refractivity contribution >= 4 is 17.9 Å². The van der Waals surface area contributed by atoms with E-state index >= 15 is 0 Å². The van der Waals surface area contributed by atoms with Crippen molar-refractivity contribution in [3.05, 3.63) is 0 Å². The molecule has 2 N–H and O–H groups in total. The quantitative estimate of drug-likeness (QED) is 0.801. The lowest BCUT2D eigenvalue weighted by Crippen LogP contribution is -2.55. The molecule has 21 heavy (non-hydrogen) atoms. The van der Waals surface area contributed by atoms with E-state index in [-0.39, 0.29) is 29.7 Å². The number of amides is 3. The number of carbonyl (C=O) groups excluding carboxylic acids is 3. The highest BCUT2D eigenvalue weighted by atomic mass is 16.6. The highest BCUT2D eigenvalue weighted by Gasteiger charge is 2.37. The van der Waals surface area contributed by atoms with Crippen molar-refractivity contribution in [3.8, 4) is 0 Å². The van der Waals surface area contributed by atoms with Gasteiger partial charge in [-0.2, -0.15) is 0 Å². The highest BCUT2D eigenvalue weighted by molar-refractivity contribution is 5.81. The molecule has 2 saturated heterocycles. The lowest BCUT2D eigenvalue weighted by Gasteiger charge is -2.42. The zero-order valence-corrected chi connectivity index (χ0v) is 12.4. The molecule has 2 fully saturated rings. The molecule has 0 aromatic carbocycles. The van der Waals surface area contributed by atoms with Gasteiger partial charge in [0.05, 0.1) is 12.5 Å². The molecule has 0 aromatic rings. The van der Waals surface area contributed by atoms with Crippen LogP contribution in [0.1, 0.15) is 26.2 Å². The monoisotopic (exact) mass is 297 g/mol. The minimum Gasteiger partial charge on any atom is -0.450 e. The maximum Gasteiger partial charge on any atom is 0.409 e. The maximum atomic E-state index is 12.4. The van der Waals surface area contributed by atoms with Crippen molar-refractivity contribution in [2.75, 3.05) is 32.8 Å². The van der Waals surface area contributed by atoms with E-state index in [9.17, 15) is 14.4 Å². The SMILES string of the molecule is CCOC(=O)N1CCCC(C(=O)N2CC(CC(N)=O)C2)C1. The largest absolute Gasteiger partial charge is 0.450 e. The van der Waals surface area contributed by atoms with Crippen LogP contribution in [-0.2, 0) is 14.3 Å². The van der Waals surface area contributed by atoms with Gasteiger partial charge in [0.2, 0.25) is 11.8 Å². The molecular weight excluding hydrogens is 274 g/mol. The molecule has 1 unspecified atom stereocenters. The van der Waals surface area contributed by atoms with Crippen molar-refractivity contribution in [2.24, 2.45) is 17.6 Å². The van der Waals surface area contributed by atoms with E-state index in [1.54, 1.807) is 16.7 Å². The predicted octanol–water partition coefficient (Wildman–Crippen LogP) is 0.189. The Balaban J connectivity index is 1.80. The van der Waals surface area contributed by atoms with E-state index in [0.717, 1.165) is 12.8 Å². The zero-order chi connectivity index (χ0) is 15.4. The smallest absolute Gasteiger partial charge is 0.409 e. The van der Waals surface area contributed by atoms with Crippen LogP contribution < -0.4 is 5.73 Å². The van der Waals surface area contributed by atoms with E-state index in [1.807, 2.05) is 0 Å². The van der Waals surface area contributed by atoms with Gasteiger partial charge in [0, 0.05) is 38.5 Å². The summed E-state index contributed by atoms with van der Waals surface area (Å²) in [6.07, 6.45) is 1.60. The number of piperidine rings is 1. The molecule has 2 aliphatic rings. The van der Waals surface area contributed by atoms with Crippen LogP contribution in [0.25, 0.3) is 0 Å². The van der Waals surface area contributed by atoms with Crippen LogP contribution in [-0.4, -0.2) is 60.5 Å². The van der Waals surface area contributed by atoms with Crippen LogP contribution >= 0.6 is 0 Å². The number of hydrogen-bond donors (Lipinski definition) is 1. The Hall–Kier alpha value is -1.79. The summed E-state index contributed by atoms with van der Waals surface area (Å²) in [4.78, 5) is 38.3. The van der Waals surface area contributed by atoms with Gasteiger partial charge in [0.25, 0.3) is 0 Å². The average Bonchev–Trinajstić information content (AvgIpc) is 2.42. The molecule has 0 aliphatic carbocycles. The van der Waals surface area contributed by atoms with Crippen LogP contribution in [0.4, 0.5) is 4.79 Å². The van der Waals surface area contributed by atoms with Crippen molar-refractivity contribution < 1.29 is 19.1 Å². The van der Waals surface area contributed by atoms with Crippen LogP contribution in [0.2, 0.25) is 0 Å². The Bertz CT molecular complexity index is 420. The van der Waals surface area contributed by atoms with Crippen LogP contribution in [0.5, 0.6) is 0 Å². The van der Waals surface area contributed by atoms with Gasteiger partial charge in [0.1, 0.15) is 0 Å².